The van der Waals surface area contributed by atoms with Crippen molar-refractivity contribution in [3.8, 4) is 5.75 Å². The van der Waals surface area contributed by atoms with Crippen molar-refractivity contribution in [3.05, 3.63) is 63.1 Å². The SMILES string of the molecule is CC1CCCc2ccc(OCc3ccc(Cl)cc3Cl)cc21. The number of benzene rings is 2. The molecule has 2 aromatic carbocycles. The predicted octanol–water partition coefficient (Wildman–Crippen LogP) is 6.01. The van der Waals surface area contributed by atoms with E-state index in [-0.39, 0.29) is 0 Å². The summed E-state index contributed by atoms with van der Waals surface area (Å²) < 4.78 is 5.90. The molecule has 1 aliphatic carbocycles. The van der Waals surface area contributed by atoms with E-state index >= 15 is 0 Å². The third-order valence-corrected chi connectivity index (χ3v) is 4.73. The molecule has 2 aromatic rings. The topological polar surface area (TPSA) is 9.23 Å². The first-order chi connectivity index (χ1) is 10.1. The lowest BCUT2D eigenvalue weighted by molar-refractivity contribution is 0.305. The van der Waals surface area contributed by atoms with Crippen LogP contribution in [-0.2, 0) is 13.0 Å². The second kappa shape index (κ2) is 6.29. The first-order valence-electron chi connectivity index (χ1n) is 7.33. The molecule has 21 heavy (non-hydrogen) atoms. The largest absolute Gasteiger partial charge is 0.489 e. The summed E-state index contributed by atoms with van der Waals surface area (Å²) >= 11 is 12.1. The van der Waals surface area contributed by atoms with Crippen LogP contribution >= 0.6 is 23.2 Å². The summed E-state index contributed by atoms with van der Waals surface area (Å²) in [4.78, 5) is 0. The fourth-order valence-electron chi connectivity index (χ4n) is 2.90. The molecule has 0 aromatic heterocycles. The van der Waals surface area contributed by atoms with E-state index in [0.717, 1.165) is 11.3 Å². The smallest absolute Gasteiger partial charge is 0.120 e. The van der Waals surface area contributed by atoms with E-state index in [1.165, 1.54) is 30.4 Å². The van der Waals surface area contributed by atoms with Crippen molar-refractivity contribution in [1.82, 2.24) is 0 Å². The molecule has 0 saturated heterocycles. The molecule has 0 bridgehead atoms. The van der Waals surface area contributed by atoms with Crippen molar-refractivity contribution in [2.75, 3.05) is 0 Å². The van der Waals surface area contributed by atoms with Gasteiger partial charge in [0.05, 0.1) is 0 Å². The molecule has 3 rings (SSSR count). The van der Waals surface area contributed by atoms with Crippen molar-refractivity contribution >= 4 is 23.2 Å². The van der Waals surface area contributed by atoms with Gasteiger partial charge in [-0.2, -0.15) is 0 Å². The fourth-order valence-corrected chi connectivity index (χ4v) is 3.37. The fraction of sp³-hybridized carbons (Fsp3) is 0.333. The van der Waals surface area contributed by atoms with Crippen LogP contribution < -0.4 is 4.74 Å². The van der Waals surface area contributed by atoms with E-state index in [1.54, 1.807) is 6.07 Å². The minimum absolute atomic E-state index is 0.461. The van der Waals surface area contributed by atoms with Crippen LogP contribution in [0.5, 0.6) is 5.75 Å². The number of hydrogen-bond donors (Lipinski definition) is 0. The second-order valence-electron chi connectivity index (χ2n) is 5.68. The summed E-state index contributed by atoms with van der Waals surface area (Å²) in [6.45, 7) is 2.75. The van der Waals surface area contributed by atoms with Gasteiger partial charge in [-0.3, -0.25) is 0 Å². The van der Waals surface area contributed by atoms with Crippen molar-refractivity contribution in [2.24, 2.45) is 0 Å². The maximum Gasteiger partial charge on any atom is 0.120 e. The highest BCUT2D eigenvalue weighted by atomic mass is 35.5. The summed E-state index contributed by atoms with van der Waals surface area (Å²) in [6, 6.07) is 11.9. The molecule has 1 aliphatic rings. The van der Waals surface area contributed by atoms with Crippen molar-refractivity contribution in [3.63, 3.8) is 0 Å². The Balaban J connectivity index is 1.75. The Kier molecular flexibility index (Phi) is 4.42. The lowest BCUT2D eigenvalue weighted by atomic mass is 9.84. The van der Waals surface area contributed by atoms with Gasteiger partial charge >= 0.3 is 0 Å². The van der Waals surface area contributed by atoms with Gasteiger partial charge < -0.3 is 4.74 Å². The normalized spacial score (nSPS) is 17.4. The zero-order chi connectivity index (χ0) is 14.8. The molecule has 0 saturated carbocycles. The van der Waals surface area contributed by atoms with Crippen LogP contribution in [0.2, 0.25) is 10.0 Å². The van der Waals surface area contributed by atoms with Gasteiger partial charge in [-0.05, 0) is 60.6 Å². The van der Waals surface area contributed by atoms with Crippen LogP contribution in [0.1, 0.15) is 42.4 Å². The minimum atomic E-state index is 0.461. The first-order valence-corrected chi connectivity index (χ1v) is 8.08. The third-order valence-electron chi connectivity index (χ3n) is 4.14. The molecule has 110 valence electrons. The van der Waals surface area contributed by atoms with Crippen LogP contribution in [0.25, 0.3) is 0 Å². The molecule has 0 N–H and O–H groups in total. The molecule has 3 heteroatoms. The Morgan fingerprint density at radius 2 is 2.00 bits per heavy atom. The molecular formula is C18H18Cl2O. The van der Waals surface area contributed by atoms with E-state index in [0.29, 0.717) is 22.6 Å². The minimum Gasteiger partial charge on any atom is -0.489 e. The Morgan fingerprint density at radius 3 is 2.81 bits per heavy atom. The third kappa shape index (κ3) is 3.36. The number of hydrogen-bond acceptors (Lipinski definition) is 1. The quantitative estimate of drug-likeness (QED) is 0.672. The summed E-state index contributed by atoms with van der Waals surface area (Å²) in [6.07, 6.45) is 3.73. The molecular weight excluding hydrogens is 303 g/mol. The Labute approximate surface area is 135 Å². The molecule has 0 heterocycles. The van der Waals surface area contributed by atoms with E-state index in [9.17, 15) is 0 Å². The van der Waals surface area contributed by atoms with Gasteiger partial charge in [0.25, 0.3) is 0 Å². The Bertz CT molecular complexity index is 652. The highest BCUT2D eigenvalue weighted by molar-refractivity contribution is 6.35. The maximum absolute atomic E-state index is 6.17. The van der Waals surface area contributed by atoms with Crippen molar-refractivity contribution < 1.29 is 4.74 Å². The Morgan fingerprint density at radius 1 is 1.14 bits per heavy atom. The van der Waals surface area contributed by atoms with Gasteiger partial charge in [0, 0.05) is 15.6 Å². The highest BCUT2D eigenvalue weighted by Crippen LogP contribution is 2.34. The molecule has 1 nitrogen and oxygen atoms in total. The standard InChI is InChI=1S/C18H18Cl2O/c1-12-3-2-4-13-6-8-16(10-17(12)13)21-11-14-5-7-15(19)9-18(14)20/h5-10,12H,2-4,11H2,1H3. The lowest BCUT2D eigenvalue weighted by Crippen LogP contribution is -2.07. The Hall–Kier alpha value is -1.18. The van der Waals surface area contributed by atoms with E-state index in [2.05, 4.69) is 25.1 Å². The zero-order valence-electron chi connectivity index (χ0n) is 12.0. The summed E-state index contributed by atoms with van der Waals surface area (Å²) in [7, 11) is 0. The van der Waals surface area contributed by atoms with Crippen LogP contribution in [-0.4, -0.2) is 0 Å². The van der Waals surface area contributed by atoms with E-state index < -0.39 is 0 Å². The molecule has 0 spiro atoms. The summed E-state index contributed by atoms with van der Waals surface area (Å²) in [5.74, 6) is 1.53. The molecule has 1 unspecified atom stereocenters. The zero-order valence-corrected chi connectivity index (χ0v) is 13.5. The molecule has 0 radical (unpaired) electrons. The van der Waals surface area contributed by atoms with E-state index in [1.807, 2.05) is 12.1 Å². The van der Waals surface area contributed by atoms with Crippen LogP contribution in [0, 0.1) is 0 Å². The van der Waals surface area contributed by atoms with Crippen molar-refractivity contribution in [2.45, 2.75) is 38.7 Å². The first kappa shape index (κ1) is 14.7. The summed E-state index contributed by atoms with van der Waals surface area (Å²) in [5, 5.41) is 1.29. The van der Waals surface area contributed by atoms with Gasteiger partial charge in [0.1, 0.15) is 12.4 Å². The predicted molar refractivity (Wildman–Crippen MR) is 88.6 cm³/mol. The van der Waals surface area contributed by atoms with Gasteiger partial charge in [0.15, 0.2) is 0 Å². The summed E-state index contributed by atoms with van der Waals surface area (Å²) in [5.41, 5.74) is 3.85. The average Bonchev–Trinajstić information content (AvgIpc) is 2.47. The van der Waals surface area contributed by atoms with Crippen LogP contribution in [0.3, 0.4) is 0 Å². The monoisotopic (exact) mass is 320 g/mol. The van der Waals surface area contributed by atoms with Gasteiger partial charge in [-0.15, -0.1) is 0 Å². The molecule has 0 fully saturated rings. The number of rotatable bonds is 3. The number of halogens is 2. The number of fused-ring (bicyclic) bond motifs is 1. The van der Waals surface area contributed by atoms with Gasteiger partial charge in [0.2, 0.25) is 0 Å². The average molecular weight is 321 g/mol. The van der Waals surface area contributed by atoms with Crippen molar-refractivity contribution in [1.29, 1.82) is 0 Å². The second-order valence-corrected chi connectivity index (χ2v) is 6.52. The maximum atomic E-state index is 6.17. The van der Waals surface area contributed by atoms with Gasteiger partial charge in [-0.1, -0.05) is 42.3 Å². The van der Waals surface area contributed by atoms with E-state index in [4.69, 9.17) is 27.9 Å². The van der Waals surface area contributed by atoms with Crippen LogP contribution in [0.4, 0.5) is 0 Å². The molecule has 1 atom stereocenters. The van der Waals surface area contributed by atoms with Gasteiger partial charge in [-0.25, -0.2) is 0 Å². The number of ether oxygens (including phenoxy) is 1. The number of aryl methyl sites for hydroxylation is 1. The lowest BCUT2D eigenvalue weighted by Gasteiger charge is -2.23. The molecule has 0 aliphatic heterocycles. The molecule has 0 amide bonds. The van der Waals surface area contributed by atoms with Crippen LogP contribution in [0.15, 0.2) is 36.4 Å². The highest BCUT2D eigenvalue weighted by Gasteiger charge is 2.16.